The molecule has 1 aliphatic rings. The van der Waals surface area contributed by atoms with E-state index in [4.69, 9.17) is 17.3 Å². The standard InChI is InChI=1S/C10H14ClNS/c11-9-8(4-7-13-9)10(12)5-2-1-3-6-10/h4,7H,1-3,5-6,12H2. The minimum atomic E-state index is -0.130. The maximum absolute atomic E-state index is 6.35. The molecule has 3 heteroatoms. The topological polar surface area (TPSA) is 26.0 Å². The van der Waals surface area contributed by atoms with Crippen LogP contribution in [-0.2, 0) is 5.54 Å². The Kier molecular flexibility index (Phi) is 2.63. The first-order valence-corrected chi connectivity index (χ1v) is 6.00. The number of rotatable bonds is 1. The van der Waals surface area contributed by atoms with Crippen molar-refractivity contribution in [2.24, 2.45) is 5.73 Å². The number of nitrogens with two attached hydrogens (primary N) is 1. The summed E-state index contributed by atoms with van der Waals surface area (Å²) in [6.45, 7) is 0. The van der Waals surface area contributed by atoms with Crippen LogP contribution in [0.2, 0.25) is 4.34 Å². The fourth-order valence-electron chi connectivity index (χ4n) is 2.10. The van der Waals surface area contributed by atoms with Crippen molar-refractivity contribution in [2.45, 2.75) is 37.6 Å². The summed E-state index contributed by atoms with van der Waals surface area (Å²) in [5.74, 6) is 0. The highest BCUT2D eigenvalue weighted by atomic mass is 35.5. The second kappa shape index (κ2) is 3.60. The maximum atomic E-state index is 6.35. The van der Waals surface area contributed by atoms with Crippen molar-refractivity contribution in [3.05, 3.63) is 21.3 Å². The lowest BCUT2D eigenvalue weighted by Crippen LogP contribution is -2.38. The summed E-state index contributed by atoms with van der Waals surface area (Å²) < 4.78 is 0.879. The molecule has 2 N–H and O–H groups in total. The zero-order chi connectivity index (χ0) is 9.31. The normalized spacial score (nSPS) is 21.7. The third-order valence-electron chi connectivity index (χ3n) is 2.90. The molecule has 0 saturated heterocycles. The van der Waals surface area contributed by atoms with E-state index in [0.717, 1.165) is 17.2 Å². The van der Waals surface area contributed by atoms with Gasteiger partial charge in [0.15, 0.2) is 0 Å². The molecule has 0 atom stereocenters. The van der Waals surface area contributed by atoms with Crippen LogP contribution in [0.15, 0.2) is 11.4 Å². The Morgan fingerprint density at radius 2 is 2.00 bits per heavy atom. The van der Waals surface area contributed by atoms with Gasteiger partial charge in [-0.05, 0) is 24.3 Å². The van der Waals surface area contributed by atoms with E-state index in [1.165, 1.54) is 24.8 Å². The molecule has 1 nitrogen and oxygen atoms in total. The SMILES string of the molecule is NC1(c2ccsc2Cl)CCCCC1. The van der Waals surface area contributed by atoms with Gasteiger partial charge in [-0.15, -0.1) is 11.3 Å². The fraction of sp³-hybridized carbons (Fsp3) is 0.600. The van der Waals surface area contributed by atoms with E-state index < -0.39 is 0 Å². The zero-order valence-electron chi connectivity index (χ0n) is 7.55. The lowest BCUT2D eigenvalue weighted by Gasteiger charge is -2.33. The second-order valence-corrected chi connectivity index (χ2v) is 5.34. The van der Waals surface area contributed by atoms with E-state index in [1.807, 2.05) is 5.38 Å². The number of thiophene rings is 1. The van der Waals surface area contributed by atoms with Gasteiger partial charge in [0.05, 0.1) is 4.34 Å². The molecule has 1 aromatic rings. The van der Waals surface area contributed by atoms with Crippen LogP contribution in [-0.4, -0.2) is 0 Å². The predicted molar refractivity (Wildman–Crippen MR) is 58.3 cm³/mol. The van der Waals surface area contributed by atoms with Crippen LogP contribution in [0.1, 0.15) is 37.7 Å². The molecule has 13 heavy (non-hydrogen) atoms. The smallest absolute Gasteiger partial charge is 0.0978 e. The van der Waals surface area contributed by atoms with Crippen molar-refractivity contribution in [2.75, 3.05) is 0 Å². The van der Waals surface area contributed by atoms with Crippen molar-refractivity contribution in [3.63, 3.8) is 0 Å². The van der Waals surface area contributed by atoms with Gasteiger partial charge in [0.25, 0.3) is 0 Å². The zero-order valence-corrected chi connectivity index (χ0v) is 9.13. The highest BCUT2D eigenvalue weighted by Crippen LogP contribution is 2.40. The quantitative estimate of drug-likeness (QED) is 0.762. The highest BCUT2D eigenvalue weighted by Gasteiger charge is 2.31. The molecule has 1 saturated carbocycles. The third-order valence-corrected chi connectivity index (χ3v) is 4.07. The molecule has 1 heterocycles. The van der Waals surface area contributed by atoms with Gasteiger partial charge in [0.1, 0.15) is 0 Å². The Hall–Kier alpha value is -0.0500. The van der Waals surface area contributed by atoms with Gasteiger partial charge in [0.2, 0.25) is 0 Å². The van der Waals surface area contributed by atoms with E-state index in [0.29, 0.717) is 0 Å². The van der Waals surface area contributed by atoms with Crippen LogP contribution in [0.25, 0.3) is 0 Å². The molecule has 0 unspecified atom stereocenters. The molecule has 0 aromatic carbocycles. The average Bonchev–Trinajstić information content (AvgIpc) is 2.53. The van der Waals surface area contributed by atoms with Crippen molar-refractivity contribution >= 4 is 22.9 Å². The van der Waals surface area contributed by atoms with Gasteiger partial charge in [-0.25, -0.2) is 0 Å². The van der Waals surface area contributed by atoms with Gasteiger partial charge in [-0.2, -0.15) is 0 Å². The Bertz CT molecular complexity index is 289. The minimum Gasteiger partial charge on any atom is -0.321 e. The van der Waals surface area contributed by atoms with E-state index in [1.54, 1.807) is 11.3 Å². The summed E-state index contributed by atoms with van der Waals surface area (Å²) in [5, 5.41) is 2.03. The molecular formula is C10H14ClNS. The monoisotopic (exact) mass is 215 g/mol. The van der Waals surface area contributed by atoms with Crippen molar-refractivity contribution in [3.8, 4) is 0 Å². The minimum absolute atomic E-state index is 0.130. The van der Waals surface area contributed by atoms with E-state index in [2.05, 4.69) is 6.07 Å². The summed E-state index contributed by atoms with van der Waals surface area (Å²) in [7, 11) is 0. The second-order valence-electron chi connectivity index (χ2n) is 3.82. The first kappa shape index (κ1) is 9.50. The Morgan fingerprint density at radius 1 is 1.31 bits per heavy atom. The summed E-state index contributed by atoms with van der Waals surface area (Å²) in [5.41, 5.74) is 7.38. The van der Waals surface area contributed by atoms with Crippen LogP contribution < -0.4 is 5.73 Å². The first-order chi connectivity index (χ1) is 6.22. The van der Waals surface area contributed by atoms with Gasteiger partial charge < -0.3 is 5.73 Å². The fourth-order valence-corrected chi connectivity index (χ4v) is 3.23. The molecule has 0 bridgehead atoms. The van der Waals surface area contributed by atoms with Crippen LogP contribution in [0, 0.1) is 0 Å². The van der Waals surface area contributed by atoms with Crippen molar-refractivity contribution in [1.82, 2.24) is 0 Å². The molecule has 1 fully saturated rings. The van der Waals surface area contributed by atoms with Crippen molar-refractivity contribution in [1.29, 1.82) is 0 Å². The molecule has 1 aromatic heterocycles. The van der Waals surface area contributed by atoms with Crippen LogP contribution in [0.4, 0.5) is 0 Å². The molecule has 0 aliphatic heterocycles. The summed E-state index contributed by atoms with van der Waals surface area (Å²) in [4.78, 5) is 0. The molecule has 72 valence electrons. The van der Waals surface area contributed by atoms with Gasteiger partial charge in [-0.3, -0.25) is 0 Å². The lowest BCUT2D eigenvalue weighted by atomic mass is 9.78. The van der Waals surface area contributed by atoms with Crippen LogP contribution in [0.3, 0.4) is 0 Å². The van der Waals surface area contributed by atoms with E-state index >= 15 is 0 Å². The molecular weight excluding hydrogens is 202 g/mol. The largest absolute Gasteiger partial charge is 0.321 e. The number of halogens is 1. The molecule has 0 spiro atoms. The Labute approximate surface area is 87.9 Å². The lowest BCUT2D eigenvalue weighted by molar-refractivity contribution is 0.303. The Balaban J connectivity index is 2.27. The first-order valence-electron chi connectivity index (χ1n) is 4.75. The van der Waals surface area contributed by atoms with Gasteiger partial charge in [-0.1, -0.05) is 30.9 Å². The van der Waals surface area contributed by atoms with E-state index in [-0.39, 0.29) is 5.54 Å². The van der Waals surface area contributed by atoms with Crippen molar-refractivity contribution < 1.29 is 0 Å². The maximum Gasteiger partial charge on any atom is 0.0978 e. The van der Waals surface area contributed by atoms with Crippen LogP contribution in [0.5, 0.6) is 0 Å². The summed E-state index contributed by atoms with van der Waals surface area (Å²) in [6.07, 6.45) is 5.97. The molecule has 1 aliphatic carbocycles. The predicted octanol–water partition coefficient (Wildman–Crippen LogP) is 3.52. The van der Waals surface area contributed by atoms with Crippen LogP contribution >= 0.6 is 22.9 Å². The Morgan fingerprint density at radius 3 is 2.54 bits per heavy atom. The molecule has 2 rings (SSSR count). The highest BCUT2D eigenvalue weighted by molar-refractivity contribution is 7.14. The van der Waals surface area contributed by atoms with Gasteiger partial charge in [0, 0.05) is 11.1 Å². The summed E-state index contributed by atoms with van der Waals surface area (Å²) >= 11 is 7.68. The van der Waals surface area contributed by atoms with Gasteiger partial charge >= 0.3 is 0 Å². The number of hydrogen-bond acceptors (Lipinski definition) is 2. The third kappa shape index (κ3) is 1.76. The molecule has 0 radical (unpaired) electrons. The van der Waals surface area contributed by atoms with E-state index in [9.17, 15) is 0 Å². The average molecular weight is 216 g/mol. The molecule has 0 amide bonds. The number of hydrogen-bond donors (Lipinski definition) is 1. The summed E-state index contributed by atoms with van der Waals surface area (Å²) in [6, 6.07) is 2.08.